The van der Waals surface area contributed by atoms with Crippen LogP contribution in [0.2, 0.25) is 26.2 Å². The van der Waals surface area contributed by atoms with Crippen molar-refractivity contribution < 1.29 is 4.12 Å². The van der Waals surface area contributed by atoms with Crippen molar-refractivity contribution >= 4 is 37.8 Å². The standard InChI is InChI=1S/C28H31NOSi2/c1-19(2)25-16-23(15-22-9-7-8-10-24(22)25)26-17-21(13-14-29-26)20-11-12-27-28(18-20)32(5,6)30-31(27,3)4/h7-19H,1-6H3. The maximum Gasteiger partial charge on any atom is 0.206 e. The third kappa shape index (κ3) is 3.56. The summed E-state index contributed by atoms with van der Waals surface area (Å²) in [6, 6.07) is 24.6. The number of nitrogens with zero attached hydrogens (tertiary/aromatic N) is 1. The first-order valence-corrected chi connectivity index (χ1v) is 17.3. The Morgan fingerprint density at radius 2 is 1.44 bits per heavy atom. The minimum atomic E-state index is -1.84. The summed E-state index contributed by atoms with van der Waals surface area (Å²) in [5.41, 5.74) is 6.06. The molecule has 162 valence electrons. The Morgan fingerprint density at radius 3 is 2.22 bits per heavy atom. The zero-order valence-corrected chi connectivity index (χ0v) is 21.9. The molecule has 32 heavy (non-hydrogen) atoms. The summed E-state index contributed by atoms with van der Waals surface area (Å²) in [4.78, 5) is 4.76. The maximum atomic E-state index is 6.63. The molecule has 0 spiro atoms. The van der Waals surface area contributed by atoms with Gasteiger partial charge in [0.05, 0.1) is 5.69 Å². The molecule has 0 atom stereocenters. The van der Waals surface area contributed by atoms with Gasteiger partial charge in [-0.25, -0.2) is 0 Å². The fraction of sp³-hybridized carbons (Fsp3) is 0.250. The Balaban J connectivity index is 1.62. The van der Waals surface area contributed by atoms with Crippen molar-refractivity contribution in [1.29, 1.82) is 0 Å². The number of rotatable bonds is 3. The Hall–Kier alpha value is -2.54. The van der Waals surface area contributed by atoms with E-state index in [0.29, 0.717) is 5.92 Å². The molecule has 0 saturated heterocycles. The number of hydrogen-bond acceptors (Lipinski definition) is 2. The molecule has 4 heteroatoms. The highest BCUT2D eigenvalue weighted by molar-refractivity contribution is 7.05. The van der Waals surface area contributed by atoms with Crippen molar-refractivity contribution in [2.24, 2.45) is 0 Å². The molecule has 2 heterocycles. The van der Waals surface area contributed by atoms with Crippen LogP contribution in [0.15, 0.2) is 72.9 Å². The van der Waals surface area contributed by atoms with Crippen LogP contribution in [0.3, 0.4) is 0 Å². The van der Waals surface area contributed by atoms with Gasteiger partial charge in [0.2, 0.25) is 16.6 Å². The number of benzene rings is 3. The van der Waals surface area contributed by atoms with Gasteiger partial charge in [-0.1, -0.05) is 56.3 Å². The van der Waals surface area contributed by atoms with Gasteiger partial charge in [-0.3, -0.25) is 4.98 Å². The van der Waals surface area contributed by atoms with Crippen molar-refractivity contribution in [3.05, 3.63) is 78.5 Å². The van der Waals surface area contributed by atoms with Gasteiger partial charge in [0.1, 0.15) is 0 Å². The van der Waals surface area contributed by atoms with Crippen LogP contribution in [-0.4, -0.2) is 21.6 Å². The molecule has 0 aliphatic carbocycles. The van der Waals surface area contributed by atoms with E-state index in [9.17, 15) is 0 Å². The Bertz CT molecular complexity index is 1340. The van der Waals surface area contributed by atoms with Crippen LogP contribution in [0, 0.1) is 0 Å². The minimum absolute atomic E-state index is 0.458. The van der Waals surface area contributed by atoms with E-state index in [4.69, 9.17) is 9.10 Å². The minimum Gasteiger partial charge on any atom is -0.449 e. The van der Waals surface area contributed by atoms with Gasteiger partial charge < -0.3 is 4.12 Å². The highest BCUT2D eigenvalue weighted by Gasteiger charge is 2.46. The molecular formula is C28H31NOSi2. The molecule has 4 aromatic rings. The number of fused-ring (bicyclic) bond motifs is 2. The SMILES string of the molecule is CC(C)c1cc(-c2cc(-c3ccc4c(c3)[Si](C)(C)O[Si]4(C)C)ccn2)cc2ccccc12. The third-order valence-corrected chi connectivity index (χ3v) is 14.5. The van der Waals surface area contributed by atoms with Crippen LogP contribution < -0.4 is 10.4 Å². The van der Waals surface area contributed by atoms with Gasteiger partial charge in [0, 0.05) is 11.8 Å². The molecule has 2 nitrogen and oxygen atoms in total. The summed E-state index contributed by atoms with van der Waals surface area (Å²) in [6.07, 6.45) is 1.94. The highest BCUT2D eigenvalue weighted by Crippen LogP contribution is 2.33. The van der Waals surface area contributed by atoms with Gasteiger partial charge in [-0.2, -0.15) is 0 Å². The molecule has 1 aliphatic rings. The molecule has 0 fully saturated rings. The van der Waals surface area contributed by atoms with Crippen molar-refractivity contribution in [2.45, 2.75) is 46.0 Å². The lowest BCUT2D eigenvalue weighted by Crippen LogP contribution is -2.43. The predicted molar refractivity (Wildman–Crippen MR) is 142 cm³/mol. The quantitative estimate of drug-likeness (QED) is 0.328. The van der Waals surface area contributed by atoms with Crippen LogP contribution in [0.1, 0.15) is 25.3 Å². The first-order valence-electron chi connectivity index (χ1n) is 11.5. The van der Waals surface area contributed by atoms with E-state index < -0.39 is 16.6 Å². The second-order valence-electron chi connectivity index (χ2n) is 10.3. The Labute approximate surface area is 193 Å². The fourth-order valence-corrected chi connectivity index (χ4v) is 15.5. The first kappa shape index (κ1) is 21.3. The summed E-state index contributed by atoms with van der Waals surface area (Å²) < 4.78 is 6.63. The van der Waals surface area contributed by atoms with Gasteiger partial charge in [-0.05, 0) is 94.2 Å². The van der Waals surface area contributed by atoms with E-state index in [-0.39, 0.29) is 0 Å². The van der Waals surface area contributed by atoms with E-state index in [1.165, 1.54) is 43.4 Å². The third-order valence-electron chi connectivity index (χ3n) is 6.73. The molecule has 0 amide bonds. The van der Waals surface area contributed by atoms with Gasteiger partial charge in [-0.15, -0.1) is 0 Å². The smallest absolute Gasteiger partial charge is 0.206 e. The van der Waals surface area contributed by atoms with E-state index in [0.717, 1.165) is 5.69 Å². The second kappa shape index (κ2) is 7.51. The van der Waals surface area contributed by atoms with Crippen LogP contribution in [0.4, 0.5) is 0 Å². The topological polar surface area (TPSA) is 22.1 Å². The normalized spacial score (nSPS) is 16.5. The monoisotopic (exact) mass is 453 g/mol. The summed E-state index contributed by atoms with van der Waals surface area (Å²) in [5.74, 6) is 0.458. The molecule has 0 bridgehead atoms. The summed E-state index contributed by atoms with van der Waals surface area (Å²) in [5, 5.41) is 5.55. The van der Waals surface area contributed by atoms with Crippen molar-refractivity contribution in [3.63, 3.8) is 0 Å². The number of pyridine rings is 1. The van der Waals surface area contributed by atoms with Crippen LogP contribution >= 0.6 is 0 Å². The van der Waals surface area contributed by atoms with Crippen LogP contribution in [0.5, 0.6) is 0 Å². The van der Waals surface area contributed by atoms with Crippen LogP contribution in [-0.2, 0) is 4.12 Å². The molecule has 0 unspecified atom stereocenters. The molecule has 0 radical (unpaired) electrons. The number of hydrogen-bond donors (Lipinski definition) is 0. The van der Waals surface area contributed by atoms with Crippen molar-refractivity contribution in [3.8, 4) is 22.4 Å². The van der Waals surface area contributed by atoms with Gasteiger partial charge >= 0.3 is 0 Å². The van der Waals surface area contributed by atoms with E-state index >= 15 is 0 Å². The Kier molecular flexibility index (Phi) is 5.00. The largest absolute Gasteiger partial charge is 0.449 e. The molecule has 5 rings (SSSR count). The van der Waals surface area contributed by atoms with E-state index in [1.807, 2.05) is 6.20 Å². The van der Waals surface area contributed by atoms with Crippen molar-refractivity contribution in [1.82, 2.24) is 4.98 Å². The lowest BCUT2D eigenvalue weighted by molar-refractivity contribution is 0.583. The van der Waals surface area contributed by atoms with E-state index in [2.05, 4.69) is 107 Å². The molecule has 0 saturated carbocycles. The molecular weight excluding hydrogens is 422 g/mol. The zero-order valence-electron chi connectivity index (χ0n) is 19.9. The van der Waals surface area contributed by atoms with Crippen LogP contribution in [0.25, 0.3) is 33.2 Å². The number of aromatic nitrogens is 1. The lowest BCUT2D eigenvalue weighted by Gasteiger charge is -2.22. The van der Waals surface area contributed by atoms with Gasteiger partial charge in [0.25, 0.3) is 0 Å². The zero-order chi connectivity index (χ0) is 22.7. The molecule has 0 N–H and O–H groups in total. The average molecular weight is 454 g/mol. The highest BCUT2D eigenvalue weighted by atomic mass is 28.4. The summed E-state index contributed by atoms with van der Waals surface area (Å²) in [6.45, 7) is 13.8. The van der Waals surface area contributed by atoms with Crippen molar-refractivity contribution in [2.75, 3.05) is 0 Å². The second-order valence-corrected chi connectivity index (χ2v) is 18.2. The first-order chi connectivity index (χ1) is 15.2. The lowest BCUT2D eigenvalue weighted by atomic mass is 9.92. The molecule has 3 aromatic carbocycles. The predicted octanol–water partition coefficient (Wildman–Crippen LogP) is 6.55. The molecule has 1 aliphatic heterocycles. The fourth-order valence-electron chi connectivity index (χ4n) is 5.23. The summed E-state index contributed by atoms with van der Waals surface area (Å²) >= 11 is 0. The van der Waals surface area contributed by atoms with Gasteiger partial charge in [0.15, 0.2) is 0 Å². The summed E-state index contributed by atoms with van der Waals surface area (Å²) in [7, 11) is -3.62. The Morgan fingerprint density at radius 1 is 0.719 bits per heavy atom. The van der Waals surface area contributed by atoms with E-state index in [1.54, 1.807) is 0 Å². The average Bonchev–Trinajstić information content (AvgIpc) is 2.96. The maximum absolute atomic E-state index is 6.63. The molecule has 1 aromatic heterocycles.